The number of methoxy groups -OCH3 is 1. The SMILES string of the molecule is COCCNC(=O)c1cnc(Nc2ccc(S(C)=O)c(F)c2)nc1NC(CO)c1ccccc1. The highest BCUT2D eigenvalue weighted by Crippen LogP contribution is 2.24. The van der Waals surface area contributed by atoms with E-state index in [1.54, 1.807) is 6.07 Å². The van der Waals surface area contributed by atoms with Crippen LogP contribution in [0.5, 0.6) is 0 Å². The molecule has 0 spiro atoms. The molecule has 180 valence electrons. The average Bonchev–Trinajstić information content (AvgIpc) is 2.83. The smallest absolute Gasteiger partial charge is 0.256 e. The minimum Gasteiger partial charge on any atom is -0.394 e. The van der Waals surface area contributed by atoms with Gasteiger partial charge in [0.05, 0.1) is 35.0 Å². The molecule has 1 amide bonds. The zero-order valence-corrected chi connectivity index (χ0v) is 19.6. The second-order valence-corrected chi connectivity index (χ2v) is 8.57. The first-order valence-corrected chi connectivity index (χ1v) is 11.9. The zero-order chi connectivity index (χ0) is 24.5. The van der Waals surface area contributed by atoms with E-state index >= 15 is 0 Å². The monoisotopic (exact) mass is 487 g/mol. The lowest BCUT2D eigenvalue weighted by molar-refractivity contribution is 0.0937. The Morgan fingerprint density at radius 1 is 1.24 bits per heavy atom. The van der Waals surface area contributed by atoms with Crippen molar-refractivity contribution in [2.24, 2.45) is 0 Å². The van der Waals surface area contributed by atoms with Gasteiger partial charge in [-0.3, -0.25) is 9.00 Å². The Labute approximate surface area is 199 Å². The quantitative estimate of drug-likeness (QED) is 0.304. The highest BCUT2D eigenvalue weighted by atomic mass is 32.2. The molecule has 9 nitrogen and oxygen atoms in total. The van der Waals surface area contributed by atoms with E-state index in [4.69, 9.17) is 4.74 Å². The van der Waals surface area contributed by atoms with Gasteiger partial charge in [0, 0.05) is 31.8 Å². The summed E-state index contributed by atoms with van der Waals surface area (Å²) < 4.78 is 30.8. The normalized spacial score (nSPS) is 12.6. The molecule has 34 heavy (non-hydrogen) atoms. The van der Waals surface area contributed by atoms with Crippen molar-refractivity contribution < 1.29 is 23.2 Å². The number of benzene rings is 2. The number of hydrogen-bond acceptors (Lipinski definition) is 8. The number of aliphatic hydroxyl groups is 1. The molecule has 2 unspecified atom stereocenters. The molecule has 3 rings (SSSR count). The Balaban J connectivity index is 1.91. The van der Waals surface area contributed by atoms with Crippen LogP contribution in [0.2, 0.25) is 0 Å². The largest absolute Gasteiger partial charge is 0.394 e. The van der Waals surface area contributed by atoms with Crippen LogP contribution in [0, 0.1) is 5.82 Å². The molecular formula is C23H26FN5O4S. The number of halogens is 1. The van der Waals surface area contributed by atoms with Gasteiger partial charge in [-0.2, -0.15) is 4.98 Å². The topological polar surface area (TPSA) is 125 Å². The number of hydrogen-bond donors (Lipinski definition) is 4. The summed E-state index contributed by atoms with van der Waals surface area (Å²) in [7, 11) is 0.0714. The molecular weight excluding hydrogens is 461 g/mol. The van der Waals surface area contributed by atoms with Crippen LogP contribution in [0.1, 0.15) is 22.0 Å². The Morgan fingerprint density at radius 2 is 2.00 bits per heavy atom. The Kier molecular flexibility index (Phi) is 9.02. The van der Waals surface area contributed by atoms with Crippen LogP contribution in [-0.4, -0.2) is 58.3 Å². The number of anilines is 3. The van der Waals surface area contributed by atoms with Gasteiger partial charge in [0.2, 0.25) is 5.95 Å². The molecule has 11 heteroatoms. The number of aromatic nitrogens is 2. The molecule has 0 fully saturated rings. The summed E-state index contributed by atoms with van der Waals surface area (Å²) in [6.45, 7) is 0.381. The van der Waals surface area contributed by atoms with Crippen LogP contribution >= 0.6 is 0 Å². The number of carbonyl (C=O) groups is 1. The molecule has 0 bridgehead atoms. The Bertz CT molecular complexity index is 1150. The molecule has 1 aromatic heterocycles. The van der Waals surface area contributed by atoms with Gasteiger partial charge in [-0.25, -0.2) is 9.37 Å². The van der Waals surface area contributed by atoms with Crippen molar-refractivity contribution in [2.45, 2.75) is 10.9 Å². The first kappa shape index (κ1) is 25.2. The third-order valence-electron chi connectivity index (χ3n) is 4.82. The molecule has 0 radical (unpaired) electrons. The summed E-state index contributed by atoms with van der Waals surface area (Å²) in [4.78, 5) is 21.4. The van der Waals surface area contributed by atoms with Gasteiger partial charge in [-0.15, -0.1) is 0 Å². The molecule has 4 N–H and O–H groups in total. The van der Waals surface area contributed by atoms with Gasteiger partial charge in [-0.05, 0) is 23.8 Å². The van der Waals surface area contributed by atoms with E-state index in [0.717, 1.165) is 5.56 Å². The summed E-state index contributed by atoms with van der Waals surface area (Å²) >= 11 is 0. The van der Waals surface area contributed by atoms with Gasteiger partial charge >= 0.3 is 0 Å². The second kappa shape index (κ2) is 12.2. The molecule has 0 aliphatic carbocycles. The molecule has 0 aliphatic heterocycles. The molecule has 2 aromatic carbocycles. The standard InChI is InChI=1S/C23H26FN5O4S/c1-33-11-10-25-22(31)17-13-26-23(27-16-8-9-20(34(2)32)18(24)12-16)29-21(17)28-19(14-30)15-6-4-3-5-7-15/h3-9,12-13,19,30H,10-11,14H2,1-2H3,(H,25,31)(H2,26,27,28,29). The van der Waals surface area contributed by atoms with Gasteiger partial charge in [-0.1, -0.05) is 30.3 Å². The number of nitrogens with zero attached hydrogens (tertiary/aromatic N) is 2. The summed E-state index contributed by atoms with van der Waals surface area (Å²) in [5.41, 5.74) is 1.31. The molecule has 2 atom stereocenters. The van der Waals surface area contributed by atoms with Crippen molar-refractivity contribution in [3.8, 4) is 0 Å². The van der Waals surface area contributed by atoms with E-state index in [-0.39, 0.29) is 28.8 Å². The highest BCUT2D eigenvalue weighted by Gasteiger charge is 2.19. The maximum absolute atomic E-state index is 14.2. The van der Waals surface area contributed by atoms with Crippen molar-refractivity contribution in [2.75, 3.05) is 43.8 Å². The first-order valence-electron chi connectivity index (χ1n) is 10.4. The fraction of sp³-hybridized carbons (Fsp3) is 0.261. The van der Waals surface area contributed by atoms with E-state index in [2.05, 4.69) is 25.9 Å². The van der Waals surface area contributed by atoms with Gasteiger partial charge < -0.3 is 25.8 Å². The van der Waals surface area contributed by atoms with E-state index in [0.29, 0.717) is 18.8 Å². The molecule has 0 aliphatic rings. The maximum atomic E-state index is 14.2. The minimum absolute atomic E-state index is 0.0885. The first-order chi connectivity index (χ1) is 16.4. The lowest BCUT2D eigenvalue weighted by Crippen LogP contribution is -2.29. The highest BCUT2D eigenvalue weighted by molar-refractivity contribution is 7.84. The van der Waals surface area contributed by atoms with Crippen LogP contribution in [0.4, 0.5) is 21.8 Å². The van der Waals surface area contributed by atoms with Crippen LogP contribution in [0.25, 0.3) is 0 Å². The van der Waals surface area contributed by atoms with Crippen molar-refractivity contribution in [3.63, 3.8) is 0 Å². The van der Waals surface area contributed by atoms with Crippen molar-refractivity contribution in [1.29, 1.82) is 0 Å². The van der Waals surface area contributed by atoms with Crippen molar-refractivity contribution in [1.82, 2.24) is 15.3 Å². The minimum atomic E-state index is -1.46. The predicted molar refractivity (Wildman–Crippen MR) is 128 cm³/mol. The van der Waals surface area contributed by atoms with E-state index in [9.17, 15) is 18.5 Å². The van der Waals surface area contributed by atoms with E-state index < -0.39 is 28.6 Å². The molecule has 3 aromatic rings. The number of ether oxygens (including phenoxy) is 1. The van der Waals surface area contributed by atoms with Crippen LogP contribution in [0.3, 0.4) is 0 Å². The molecule has 0 saturated carbocycles. The molecule has 1 heterocycles. The van der Waals surface area contributed by atoms with Crippen molar-refractivity contribution in [3.05, 3.63) is 71.7 Å². The van der Waals surface area contributed by atoms with Gasteiger partial charge in [0.1, 0.15) is 17.2 Å². The fourth-order valence-corrected chi connectivity index (χ4v) is 3.70. The van der Waals surface area contributed by atoms with Gasteiger partial charge in [0.25, 0.3) is 5.91 Å². The second-order valence-electron chi connectivity index (χ2n) is 7.22. The lowest BCUT2D eigenvalue weighted by Gasteiger charge is -2.20. The van der Waals surface area contributed by atoms with Crippen LogP contribution < -0.4 is 16.0 Å². The summed E-state index contributed by atoms with van der Waals surface area (Å²) in [6, 6.07) is 12.9. The van der Waals surface area contributed by atoms with E-state index in [1.807, 2.05) is 30.3 Å². The summed E-state index contributed by atoms with van der Waals surface area (Å²) in [5, 5.41) is 18.6. The van der Waals surface area contributed by atoms with Crippen LogP contribution in [0.15, 0.2) is 59.6 Å². The number of nitrogens with one attached hydrogen (secondary N) is 3. The maximum Gasteiger partial charge on any atom is 0.256 e. The fourth-order valence-electron chi connectivity index (χ4n) is 3.11. The molecule has 0 saturated heterocycles. The number of carbonyl (C=O) groups excluding carboxylic acids is 1. The Morgan fingerprint density at radius 3 is 2.65 bits per heavy atom. The zero-order valence-electron chi connectivity index (χ0n) is 18.7. The van der Waals surface area contributed by atoms with E-state index in [1.165, 1.54) is 31.7 Å². The van der Waals surface area contributed by atoms with Gasteiger partial charge in [0.15, 0.2) is 0 Å². The summed E-state index contributed by atoms with van der Waals surface area (Å²) in [6.07, 6.45) is 2.73. The third kappa shape index (κ3) is 6.56. The van der Waals surface area contributed by atoms with Crippen LogP contribution in [-0.2, 0) is 15.5 Å². The average molecular weight is 488 g/mol. The number of rotatable bonds is 11. The lowest BCUT2D eigenvalue weighted by atomic mass is 10.1. The third-order valence-corrected chi connectivity index (χ3v) is 5.77. The number of aliphatic hydroxyl groups excluding tert-OH is 1. The predicted octanol–water partition coefficient (Wildman–Crippen LogP) is 2.62. The van der Waals surface area contributed by atoms with Crippen molar-refractivity contribution >= 4 is 34.2 Å². The summed E-state index contributed by atoms with van der Waals surface area (Å²) in [5.74, 6) is -0.757. The Hall–Kier alpha value is -3.41. The number of amides is 1.